The van der Waals surface area contributed by atoms with Gasteiger partial charge in [-0.1, -0.05) is 37.7 Å². The van der Waals surface area contributed by atoms with Gasteiger partial charge in [0.1, 0.15) is 5.75 Å². The summed E-state index contributed by atoms with van der Waals surface area (Å²) in [6.45, 7) is 12.2. The van der Waals surface area contributed by atoms with Crippen LogP contribution in [0, 0.1) is 5.92 Å². The Morgan fingerprint density at radius 2 is 1.28 bits per heavy atom. The van der Waals surface area contributed by atoms with Crippen molar-refractivity contribution in [1.82, 2.24) is 9.80 Å². The molecule has 2 aromatic rings. The van der Waals surface area contributed by atoms with Gasteiger partial charge in [0.05, 0.1) is 18.0 Å². The third-order valence-electron chi connectivity index (χ3n) is 6.62. The van der Waals surface area contributed by atoms with Crippen LogP contribution in [0.25, 0.3) is 0 Å². The summed E-state index contributed by atoms with van der Waals surface area (Å²) in [6, 6.07) is 15.4. The smallest absolute Gasteiger partial charge is 0.328 e. The zero-order valence-electron chi connectivity index (χ0n) is 26.4. The zero-order valence-corrected chi connectivity index (χ0v) is 27.2. The number of carboxylic acid groups (broad SMARTS) is 4. The number of hydrogen-bond acceptors (Lipinski definition) is 9. The highest BCUT2D eigenvalue weighted by molar-refractivity contribution is 7.99. The van der Waals surface area contributed by atoms with E-state index in [0.29, 0.717) is 30.2 Å². The number of carbonyl (C=O) groups is 4. The van der Waals surface area contributed by atoms with E-state index in [-0.39, 0.29) is 0 Å². The summed E-state index contributed by atoms with van der Waals surface area (Å²) in [5.41, 5.74) is 2.65. The number of para-hydroxylation sites is 1. The van der Waals surface area contributed by atoms with E-state index in [2.05, 4.69) is 78.1 Å². The summed E-state index contributed by atoms with van der Waals surface area (Å²) < 4.78 is 5.99. The number of ether oxygens (including phenoxy) is 1. The second-order valence-corrected chi connectivity index (χ2v) is 12.0. The van der Waals surface area contributed by atoms with Crippen LogP contribution in [0.2, 0.25) is 0 Å². The number of nitrogens with zero attached hydrogens (tertiary/aromatic N) is 3. The minimum atomic E-state index is -1.26. The minimum Gasteiger partial charge on any atom is -0.493 e. The van der Waals surface area contributed by atoms with Gasteiger partial charge < -0.3 is 39.9 Å². The van der Waals surface area contributed by atoms with Crippen LogP contribution in [0.15, 0.2) is 76.6 Å². The van der Waals surface area contributed by atoms with Gasteiger partial charge in [0.2, 0.25) is 0 Å². The molecule has 250 valence electrons. The Balaban J connectivity index is 0.000000381. The maximum atomic E-state index is 9.55. The van der Waals surface area contributed by atoms with Gasteiger partial charge in [-0.25, -0.2) is 19.2 Å². The van der Waals surface area contributed by atoms with E-state index >= 15 is 0 Å². The minimum absolute atomic E-state index is 0.534. The molecule has 0 unspecified atom stereocenters. The van der Waals surface area contributed by atoms with Crippen LogP contribution in [-0.2, 0) is 19.2 Å². The highest BCUT2D eigenvalue weighted by atomic mass is 32.2. The van der Waals surface area contributed by atoms with Crippen molar-refractivity contribution in [3.05, 3.63) is 66.8 Å². The van der Waals surface area contributed by atoms with Gasteiger partial charge in [0.15, 0.2) is 0 Å². The van der Waals surface area contributed by atoms with Crippen LogP contribution in [0.4, 0.5) is 11.4 Å². The SMILES string of the molecule is CC(C)COc1ccc2c(c1)Sc1ccccc1N2CCCCN1CCN(C)CC1.O=C(O)/C=C\C(=O)O.O=C(O)/C=C\C(=O)O. The third-order valence-corrected chi connectivity index (χ3v) is 7.73. The fourth-order valence-electron chi connectivity index (χ4n) is 4.37. The van der Waals surface area contributed by atoms with Crippen LogP contribution in [0.3, 0.4) is 0 Å². The fourth-order valence-corrected chi connectivity index (χ4v) is 5.49. The van der Waals surface area contributed by atoms with E-state index in [1.165, 1.54) is 66.7 Å². The van der Waals surface area contributed by atoms with Crippen LogP contribution < -0.4 is 9.64 Å². The van der Waals surface area contributed by atoms with E-state index in [9.17, 15) is 19.2 Å². The Labute approximate surface area is 273 Å². The van der Waals surface area contributed by atoms with Crippen molar-refractivity contribution in [2.45, 2.75) is 36.5 Å². The van der Waals surface area contributed by atoms with Crippen molar-refractivity contribution >= 4 is 47.0 Å². The molecule has 1 fully saturated rings. The molecule has 12 nitrogen and oxygen atoms in total. The van der Waals surface area contributed by atoms with Gasteiger partial charge in [-0.2, -0.15) is 0 Å². The lowest BCUT2D eigenvalue weighted by molar-refractivity contribution is -0.134. The van der Waals surface area contributed by atoms with Gasteiger partial charge in [-0.3, -0.25) is 0 Å². The Hall–Kier alpha value is -4.33. The monoisotopic (exact) mass is 657 g/mol. The number of rotatable bonds is 12. The van der Waals surface area contributed by atoms with Crippen molar-refractivity contribution in [3.8, 4) is 5.75 Å². The molecule has 46 heavy (non-hydrogen) atoms. The van der Waals surface area contributed by atoms with Crippen LogP contribution in [0.1, 0.15) is 26.7 Å². The highest BCUT2D eigenvalue weighted by Crippen LogP contribution is 2.49. The number of fused-ring (bicyclic) bond motifs is 2. The molecule has 1 saturated heterocycles. The Bertz CT molecular complexity index is 1310. The Morgan fingerprint density at radius 3 is 1.83 bits per heavy atom. The van der Waals surface area contributed by atoms with Gasteiger partial charge in [0, 0.05) is 66.8 Å². The second kappa shape index (κ2) is 19.9. The molecule has 0 radical (unpaired) electrons. The molecule has 0 bridgehead atoms. The molecule has 0 aromatic heterocycles. The summed E-state index contributed by atoms with van der Waals surface area (Å²) in [7, 11) is 2.22. The molecule has 0 saturated carbocycles. The molecule has 4 rings (SSSR count). The number of benzene rings is 2. The molecule has 4 N–H and O–H groups in total. The largest absolute Gasteiger partial charge is 0.493 e. The van der Waals surface area contributed by atoms with Gasteiger partial charge in [-0.15, -0.1) is 0 Å². The first-order chi connectivity index (χ1) is 21.8. The highest BCUT2D eigenvalue weighted by Gasteiger charge is 2.23. The standard InChI is InChI=1S/C25H35N3OS.2C4H4O4/c1-20(2)19-29-21-10-11-23-25(18-21)30-24-9-5-4-8-22(24)28(23)13-7-6-12-27-16-14-26(3)15-17-27;2*5-3(6)1-2-4(7)8/h4-5,8-11,18,20H,6-7,12-17,19H2,1-3H3;2*1-2H,(H,5,6)(H,7,8)/b;2*2-1-. The average molecular weight is 658 g/mol. The number of hydrogen-bond donors (Lipinski definition) is 4. The fraction of sp³-hybridized carbons (Fsp3) is 0.394. The summed E-state index contributed by atoms with van der Waals surface area (Å²) in [6.07, 6.45) is 4.69. The van der Waals surface area contributed by atoms with E-state index in [4.69, 9.17) is 25.2 Å². The molecule has 0 aliphatic carbocycles. The summed E-state index contributed by atoms with van der Waals surface area (Å²) in [5, 5.41) is 31.2. The van der Waals surface area contributed by atoms with E-state index in [1.807, 2.05) is 11.8 Å². The number of carboxylic acids is 4. The first-order valence-electron chi connectivity index (χ1n) is 14.9. The first kappa shape index (κ1) is 37.9. The molecule has 2 aliphatic heterocycles. The van der Waals surface area contributed by atoms with Gasteiger partial charge in [-0.05, 0) is 62.7 Å². The maximum Gasteiger partial charge on any atom is 0.328 e. The summed E-state index contributed by atoms with van der Waals surface area (Å²) >= 11 is 1.86. The van der Waals surface area contributed by atoms with Crippen molar-refractivity contribution in [2.75, 3.05) is 57.8 Å². The van der Waals surface area contributed by atoms with Crippen molar-refractivity contribution in [2.24, 2.45) is 5.92 Å². The third kappa shape index (κ3) is 14.6. The predicted octanol–water partition coefficient (Wildman–Crippen LogP) is 4.78. The maximum absolute atomic E-state index is 9.55. The van der Waals surface area contributed by atoms with Crippen molar-refractivity contribution in [3.63, 3.8) is 0 Å². The van der Waals surface area contributed by atoms with Crippen LogP contribution >= 0.6 is 11.8 Å². The number of unbranched alkanes of at least 4 members (excludes halogenated alkanes) is 1. The van der Waals surface area contributed by atoms with Crippen molar-refractivity contribution in [1.29, 1.82) is 0 Å². The number of likely N-dealkylation sites (N-methyl/N-ethyl adjacent to an activating group) is 1. The molecule has 0 spiro atoms. The quantitative estimate of drug-likeness (QED) is 0.182. The first-order valence-corrected chi connectivity index (χ1v) is 15.7. The second-order valence-electron chi connectivity index (χ2n) is 10.9. The van der Waals surface area contributed by atoms with E-state index in [0.717, 1.165) is 18.9 Å². The van der Waals surface area contributed by atoms with Gasteiger partial charge in [0.25, 0.3) is 0 Å². The lowest BCUT2D eigenvalue weighted by atomic mass is 10.2. The lowest BCUT2D eigenvalue weighted by Gasteiger charge is -2.34. The van der Waals surface area contributed by atoms with E-state index in [1.54, 1.807) is 0 Å². The molecule has 0 amide bonds. The average Bonchev–Trinajstić information content (AvgIpc) is 3.01. The molecule has 2 heterocycles. The molecular formula is C33H43N3O9S. The molecular weight excluding hydrogens is 614 g/mol. The molecule has 2 aliphatic rings. The Morgan fingerprint density at radius 1 is 0.761 bits per heavy atom. The number of piperazine rings is 1. The summed E-state index contributed by atoms with van der Waals surface area (Å²) in [5.74, 6) is -3.52. The predicted molar refractivity (Wildman–Crippen MR) is 176 cm³/mol. The Kier molecular flexibility index (Phi) is 16.4. The van der Waals surface area contributed by atoms with Crippen molar-refractivity contribution < 1.29 is 44.3 Å². The number of aliphatic carboxylic acids is 4. The normalized spacial score (nSPS) is 14.5. The summed E-state index contributed by atoms with van der Waals surface area (Å²) in [4.78, 5) is 48.4. The molecule has 0 atom stereocenters. The number of anilines is 2. The van der Waals surface area contributed by atoms with E-state index < -0.39 is 23.9 Å². The zero-order chi connectivity index (χ0) is 34.1. The molecule has 13 heteroatoms. The molecule has 2 aromatic carbocycles. The topological polar surface area (TPSA) is 168 Å². The van der Waals surface area contributed by atoms with Crippen LogP contribution in [0.5, 0.6) is 5.75 Å². The van der Waals surface area contributed by atoms with Gasteiger partial charge >= 0.3 is 23.9 Å². The lowest BCUT2D eigenvalue weighted by Crippen LogP contribution is -2.44. The van der Waals surface area contributed by atoms with Crippen LogP contribution in [-0.4, -0.2) is 107 Å².